The molecule has 0 amide bonds. The Morgan fingerprint density at radius 3 is 1.40 bits per heavy atom. The number of hydrogen-bond donors (Lipinski definition) is 0. The minimum Gasteiger partial charge on any atom is -0.207 e. The zero-order chi connectivity index (χ0) is 33.4. The largest absolute Gasteiger partial charge is 0.243 e. The molecule has 6 atom stereocenters. The fraction of sp³-hybridized carbons (Fsp3) is 0.385. The molecular weight excluding hydrogens is 625 g/mol. The number of sulfonamides is 2. The minimum atomic E-state index is -3.36. The average molecular weight is 671 g/mol. The number of benzene rings is 4. The van der Waals surface area contributed by atoms with Crippen molar-refractivity contribution < 1.29 is 16.8 Å². The summed E-state index contributed by atoms with van der Waals surface area (Å²) < 4.78 is 52.9. The molecule has 2 saturated carbocycles. The van der Waals surface area contributed by atoms with Gasteiger partial charge in [0, 0.05) is 13.1 Å². The second-order valence-electron chi connectivity index (χ2n) is 13.9. The van der Waals surface area contributed by atoms with E-state index in [-0.39, 0.29) is 12.1 Å². The van der Waals surface area contributed by atoms with Gasteiger partial charge in [0.1, 0.15) is 0 Å². The molecule has 0 radical (unpaired) electrons. The van der Waals surface area contributed by atoms with Crippen molar-refractivity contribution in [2.24, 2.45) is 11.3 Å². The van der Waals surface area contributed by atoms with Crippen molar-refractivity contribution in [2.75, 3.05) is 13.1 Å². The molecule has 6 unspecified atom stereocenters. The van der Waals surface area contributed by atoms with Gasteiger partial charge in [-0.05, 0) is 86.8 Å². The highest BCUT2D eigenvalue weighted by Gasteiger charge is 2.50. The highest BCUT2D eigenvalue weighted by atomic mass is 32.2. The van der Waals surface area contributed by atoms with Gasteiger partial charge in [-0.15, -0.1) is 0 Å². The molecular formula is C39H46N2O4S2. The van der Waals surface area contributed by atoms with Crippen LogP contribution in [0.3, 0.4) is 0 Å². The van der Waals surface area contributed by atoms with Gasteiger partial charge in [-0.25, -0.2) is 16.8 Å². The maximum atomic E-state index is 12.5. The lowest BCUT2D eigenvalue weighted by atomic mass is 9.90. The molecule has 47 heavy (non-hydrogen) atoms. The van der Waals surface area contributed by atoms with Gasteiger partial charge < -0.3 is 0 Å². The summed E-state index contributed by atoms with van der Waals surface area (Å²) in [7, 11) is -6.70. The van der Waals surface area contributed by atoms with E-state index in [1.165, 1.54) is 35.6 Å². The summed E-state index contributed by atoms with van der Waals surface area (Å²) in [4.78, 5) is 0.745. The Hall–Kier alpha value is -3.30. The lowest BCUT2D eigenvalue weighted by Crippen LogP contribution is -2.12. The molecule has 2 aliphatic heterocycles. The number of hydrogen-bond acceptors (Lipinski definition) is 4. The maximum absolute atomic E-state index is 12.5. The van der Waals surface area contributed by atoms with Crippen LogP contribution >= 0.6 is 0 Å². The van der Waals surface area contributed by atoms with E-state index in [0.717, 1.165) is 33.6 Å². The first kappa shape index (κ1) is 33.6. The molecule has 4 fully saturated rings. The Morgan fingerprint density at radius 2 is 1.00 bits per heavy atom. The lowest BCUT2D eigenvalue weighted by Gasteiger charge is -2.15. The highest BCUT2D eigenvalue weighted by molar-refractivity contribution is 7.89. The van der Waals surface area contributed by atoms with Crippen molar-refractivity contribution in [3.05, 3.63) is 131 Å². The second kappa shape index (κ2) is 13.3. The molecule has 2 saturated heterocycles. The van der Waals surface area contributed by atoms with Gasteiger partial charge in [-0.1, -0.05) is 115 Å². The van der Waals surface area contributed by atoms with E-state index in [0.29, 0.717) is 22.9 Å². The van der Waals surface area contributed by atoms with Gasteiger partial charge >= 0.3 is 0 Å². The summed E-state index contributed by atoms with van der Waals surface area (Å²) >= 11 is 0. The first-order valence-electron chi connectivity index (χ1n) is 16.7. The fourth-order valence-electron chi connectivity index (χ4n) is 6.66. The van der Waals surface area contributed by atoms with Crippen LogP contribution in [0.15, 0.2) is 113 Å². The van der Waals surface area contributed by atoms with Gasteiger partial charge in [-0.2, -0.15) is 8.61 Å². The maximum Gasteiger partial charge on any atom is 0.243 e. The first-order chi connectivity index (χ1) is 22.4. The topological polar surface area (TPSA) is 74.3 Å². The van der Waals surface area contributed by atoms with Crippen LogP contribution in [-0.2, 0) is 20.0 Å². The minimum absolute atomic E-state index is 0.00694. The molecule has 248 valence electrons. The summed E-state index contributed by atoms with van der Waals surface area (Å²) in [5.41, 5.74) is 6.26. The first-order valence-corrected chi connectivity index (χ1v) is 19.5. The molecule has 8 rings (SSSR count). The van der Waals surface area contributed by atoms with Crippen molar-refractivity contribution in [1.82, 2.24) is 8.61 Å². The van der Waals surface area contributed by atoms with Gasteiger partial charge in [0.05, 0.1) is 21.9 Å². The molecule has 6 nitrogen and oxygen atoms in total. The van der Waals surface area contributed by atoms with Gasteiger partial charge in [0.25, 0.3) is 0 Å². The summed E-state index contributed by atoms with van der Waals surface area (Å²) in [6.07, 6.45) is 7.63. The summed E-state index contributed by atoms with van der Waals surface area (Å²) in [6.45, 7) is 9.51. The summed E-state index contributed by atoms with van der Waals surface area (Å²) in [6, 6.07) is 31.8. The van der Waals surface area contributed by atoms with Crippen molar-refractivity contribution in [1.29, 1.82) is 0 Å². The van der Waals surface area contributed by atoms with E-state index in [9.17, 15) is 16.8 Å². The predicted octanol–water partition coefficient (Wildman–Crippen LogP) is 8.38. The van der Waals surface area contributed by atoms with Gasteiger partial charge in [0.15, 0.2) is 0 Å². The predicted molar refractivity (Wildman–Crippen MR) is 188 cm³/mol. The molecule has 2 heterocycles. The zero-order valence-corrected chi connectivity index (χ0v) is 29.5. The smallest absolute Gasteiger partial charge is 0.207 e. The van der Waals surface area contributed by atoms with Crippen molar-refractivity contribution in [2.45, 2.75) is 81.7 Å². The number of aryl methyl sites for hydroxylation is 3. The third-order valence-electron chi connectivity index (χ3n) is 10.1. The summed E-state index contributed by atoms with van der Waals surface area (Å²) in [5, 5.41) is 0. The third-order valence-corrected chi connectivity index (χ3v) is 13.9. The monoisotopic (exact) mass is 670 g/mol. The SMILES string of the molecule is CC12CCCCC1C2.Cc1ccc(C2CN2S(=O)(=O)c2ccc(C)cc2)cc1.Cc1ccc(S(=O)(=O)N2CC2c2ccccc2)cc1. The van der Waals surface area contributed by atoms with Crippen LogP contribution in [0.5, 0.6) is 0 Å². The Bertz CT molecular complexity index is 1890. The number of rotatable bonds is 6. The molecule has 4 aliphatic rings. The Balaban J connectivity index is 0.000000133. The van der Waals surface area contributed by atoms with Crippen molar-refractivity contribution >= 4 is 20.0 Å². The fourth-order valence-corrected chi connectivity index (χ4v) is 9.75. The number of nitrogens with zero attached hydrogens (tertiary/aromatic N) is 2. The highest BCUT2D eigenvalue weighted by Crippen LogP contribution is 2.60. The Labute approximate surface area is 281 Å². The number of fused-ring (bicyclic) bond motifs is 1. The average Bonchev–Trinajstić information content (AvgIpc) is 3.95. The second-order valence-corrected chi connectivity index (χ2v) is 17.7. The van der Waals surface area contributed by atoms with Crippen LogP contribution in [0.1, 0.15) is 78.9 Å². The van der Waals surface area contributed by atoms with E-state index >= 15 is 0 Å². The standard InChI is InChI=1S/C16H17NO2S.C15H15NO2S.C8H14/c1-12-3-7-14(8-4-12)16-11-17(16)20(18,19)15-9-5-13(2)6-10-15;1-12-7-9-14(10-8-12)19(17,18)16-11-15(16)13-5-3-2-4-6-13;1-8-5-3-2-4-7(8)6-8/h3-10,16H,11H2,1-2H3;2-10,15H,11H2,1H3;7H,2-6H2,1H3. The van der Waals surface area contributed by atoms with Crippen LogP contribution in [0.25, 0.3) is 0 Å². The van der Waals surface area contributed by atoms with E-state index < -0.39 is 20.0 Å². The molecule has 0 spiro atoms. The molecule has 8 heteroatoms. The molecule has 0 aromatic heterocycles. The van der Waals surface area contributed by atoms with Crippen molar-refractivity contribution in [3.8, 4) is 0 Å². The van der Waals surface area contributed by atoms with Crippen molar-refractivity contribution in [3.63, 3.8) is 0 Å². The molecule has 4 aromatic rings. The van der Waals surface area contributed by atoms with Crippen LogP contribution in [0.2, 0.25) is 0 Å². The molecule has 4 aromatic carbocycles. The van der Waals surface area contributed by atoms with E-state index in [4.69, 9.17) is 0 Å². The van der Waals surface area contributed by atoms with Gasteiger partial charge in [0.2, 0.25) is 20.0 Å². The van der Waals surface area contributed by atoms with E-state index in [1.54, 1.807) is 35.0 Å². The van der Waals surface area contributed by atoms with Crippen LogP contribution in [-0.4, -0.2) is 38.5 Å². The quantitative estimate of drug-likeness (QED) is 0.193. The lowest BCUT2D eigenvalue weighted by molar-refractivity contribution is 0.366. The summed E-state index contributed by atoms with van der Waals surface area (Å²) in [5.74, 6) is 1.15. The Morgan fingerprint density at radius 1 is 0.574 bits per heavy atom. The zero-order valence-electron chi connectivity index (χ0n) is 27.8. The van der Waals surface area contributed by atoms with Crippen LogP contribution in [0, 0.1) is 32.1 Å². The Kier molecular flexibility index (Phi) is 9.51. The van der Waals surface area contributed by atoms with Gasteiger partial charge in [-0.3, -0.25) is 0 Å². The molecule has 0 bridgehead atoms. The molecule has 0 N–H and O–H groups in total. The third kappa shape index (κ3) is 7.72. The molecule has 2 aliphatic carbocycles. The van der Waals surface area contributed by atoms with Crippen LogP contribution < -0.4 is 0 Å². The van der Waals surface area contributed by atoms with E-state index in [1.807, 2.05) is 99.6 Å². The van der Waals surface area contributed by atoms with E-state index in [2.05, 4.69) is 6.92 Å². The normalized spacial score (nSPS) is 27.2. The van der Waals surface area contributed by atoms with Crippen LogP contribution in [0.4, 0.5) is 0 Å².